The maximum Gasteiger partial charge on any atom is 0.174 e. The number of fused-ring (bicyclic) bond motifs is 1. The van der Waals surface area contributed by atoms with Gasteiger partial charge < -0.3 is 0 Å². The molecule has 0 spiro atoms. The van der Waals surface area contributed by atoms with Crippen molar-refractivity contribution < 1.29 is 4.39 Å². The van der Waals surface area contributed by atoms with E-state index in [1.807, 2.05) is 6.07 Å². The van der Waals surface area contributed by atoms with Gasteiger partial charge in [-0.1, -0.05) is 60.7 Å². The van der Waals surface area contributed by atoms with Crippen molar-refractivity contribution in [2.75, 3.05) is 5.75 Å². The van der Waals surface area contributed by atoms with Crippen LogP contribution in [-0.4, -0.2) is 16.0 Å². The van der Waals surface area contributed by atoms with Crippen LogP contribution in [0, 0.1) is 23.1 Å². The molecule has 0 radical (unpaired) electrons. The SMILES string of the molecule is CC1(C)C2CC=C(CCSc3nnc(-c4cccc(F)c4)s3)C1C2. The zero-order chi connectivity index (χ0) is 16.7. The number of halogens is 1. The number of hydrogen-bond acceptors (Lipinski definition) is 4. The summed E-state index contributed by atoms with van der Waals surface area (Å²) in [5.41, 5.74) is 2.95. The molecule has 5 rings (SSSR count). The molecule has 3 aliphatic rings. The third-order valence-electron chi connectivity index (χ3n) is 5.68. The van der Waals surface area contributed by atoms with Gasteiger partial charge in [0, 0.05) is 11.3 Å². The van der Waals surface area contributed by atoms with E-state index < -0.39 is 0 Å². The lowest BCUT2D eigenvalue weighted by atomic mass is 9.48. The van der Waals surface area contributed by atoms with Gasteiger partial charge in [-0.3, -0.25) is 0 Å². The molecule has 126 valence electrons. The van der Waals surface area contributed by atoms with Crippen LogP contribution in [0.5, 0.6) is 0 Å². The first-order valence-corrected chi connectivity index (χ1v) is 10.3. The molecule has 1 saturated carbocycles. The van der Waals surface area contributed by atoms with Crippen molar-refractivity contribution >= 4 is 23.1 Å². The highest BCUT2D eigenvalue weighted by atomic mass is 32.2. The average molecular weight is 361 g/mol. The van der Waals surface area contributed by atoms with E-state index in [-0.39, 0.29) is 5.82 Å². The van der Waals surface area contributed by atoms with Crippen LogP contribution in [-0.2, 0) is 0 Å². The Labute approximate surface area is 150 Å². The Hall–Kier alpha value is -1.20. The van der Waals surface area contributed by atoms with E-state index in [1.54, 1.807) is 34.7 Å². The zero-order valence-corrected chi connectivity index (χ0v) is 15.6. The Kier molecular flexibility index (Phi) is 4.25. The van der Waals surface area contributed by atoms with Crippen molar-refractivity contribution in [1.82, 2.24) is 10.2 Å². The van der Waals surface area contributed by atoms with Crippen LogP contribution in [0.4, 0.5) is 4.39 Å². The number of benzene rings is 1. The molecule has 5 heteroatoms. The summed E-state index contributed by atoms with van der Waals surface area (Å²) in [6, 6.07) is 6.55. The van der Waals surface area contributed by atoms with Crippen molar-refractivity contribution in [3.05, 3.63) is 41.7 Å². The van der Waals surface area contributed by atoms with Crippen molar-refractivity contribution in [2.24, 2.45) is 17.3 Å². The number of aromatic nitrogens is 2. The summed E-state index contributed by atoms with van der Waals surface area (Å²) in [4.78, 5) is 0. The monoisotopic (exact) mass is 360 g/mol. The van der Waals surface area contributed by atoms with E-state index in [2.05, 4.69) is 30.1 Å². The molecule has 3 aliphatic carbocycles. The maximum absolute atomic E-state index is 13.3. The molecule has 0 amide bonds. The Morgan fingerprint density at radius 3 is 2.96 bits per heavy atom. The van der Waals surface area contributed by atoms with E-state index in [1.165, 1.54) is 25.0 Å². The fourth-order valence-electron chi connectivity index (χ4n) is 4.02. The van der Waals surface area contributed by atoms with Gasteiger partial charge in [-0.2, -0.15) is 0 Å². The molecule has 2 aromatic rings. The Morgan fingerprint density at radius 2 is 2.21 bits per heavy atom. The molecule has 1 aromatic carbocycles. The Bertz CT molecular complexity index is 781. The lowest BCUT2D eigenvalue weighted by Gasteiger charge is -2.56. The number of nitrogens with zero attached hydrogens (tertiary/aromatic N) is 2. The molecule has 0 aliphatic heterocycles. The summed E-state index contributed by atoms with van der Waals surface area (Å²) in [6.45, 7) is 4.84. The summed E-state index contributed by atoms with van der Waals surface area (Å²) < 4.78 is 14.3. The molecule has 1 aromatic heterocycles. The van der Waals surface area contributed by atoms with Gasteiger partial charge in [-0.25, -0.2) is 4.39 Å². The van der Waals surface area contributed by atoms with Crippen LogP contribution in [0.1, 0.15) is 33.1 Å². The van der Waals surface area contributed by atoms with Crippen LogP contribution >= 0.6 is 23.1 Å². The minimum absolute atomic E-state index is 0.234. The molecule has 24 heavy (non-hydrogen) atoms. The highest BCUT2D eigenvalue weighted by Gasteiger charge is 2.50. The van der Waals surface area contributed by atoms with E-state index in [0.717, 1.165) is 38.9 Å². The molecule has 1 fully saturated rings. The minimum atomic E-state index is -0.234. The van der Waals surface area contributed by atoms with Gasteiger partial charge >= 0.3 is 0 Å². The normalized spacial score (nSPS) is 24.4. The third-order valence-corrected chi connectivity index (χ3v) is 7.78. The van der Waals surface area contributed by atoms with E-state index >= 15 is 0 Å². The second-order valence-corrected chi connectivity index (χ2v) is 9.62. The second-order valence-electron chi connectivity index (χ2n) is 7.30. The van der Waals surface area contributed by atoms with E-state index in [9.17, 15) is 4.39 Å². The quantitative estimate of drug-likeness (QED) is 0.496. The molecule has 0 saturated heterocycles. The van der Waals surface area contributed by atoms with Crippen molar-refractivity contribution in [1.29, 1.82) is 0 Å². The summed E-state index contributed by atoms with van der Waals surface area (Å²) in [7, 11) is 0. The van der Waals surface area contributed by atoms with Crippen LogP contribution in [0.25, 0.3) is 10.6 Å². The molecular formula is C19H21FN2S2. The topological polar surface area (TPSA) is 25.8 Å². The first kappa shape index (κ1) is 16.3. The summed E-state index contributed by atoms with van der Waals surface area (Å²) in [6.07, 6.45) is 6.25. The smallest absolute Gasteiger partial charge is 0.174 e. The first-order valence-electron chi connectivity index (χ1n) is 8.45. The third kappa shape index (κ3) is 2.93. The fraction of sp³-hybridized carbons (Fsp3) is 0.474. The number of thioether (sulfide) groups is 1. The van der Waals surface area contributed by atoms with Crippen molar-refractivity contribution in [3.63, 3.8) is 0 Å². The molecule has 1 heterocycles. The number of allylic oxidation sites excluding steroid dienone is 2. The summed E-state index contributed by atoms with van der Waals surface area (Å²) in [5, 5.41) is 9.25. The molecular weight excluding hydrogens is 339 g/mol. The standard InChI is InChI=1S/C19H21FN2S2/c1-19(2)14-7-6-12(16(19)11-14)8-9-23-18-22-21-17(24-18)13-4-3-5-15(20)10-13/h3-6,10,14,16H,7-9,11H2,1-2H3. The van der Waals surface area contributed by atoms with Crippen LogP contribution in [0.15, 0.2) is 40.3 Å². The van der Waals surface area contributed by atoms with E-state index in [4.69, 9.17) is 0 Å². The predicted molar refractivity (Wildman–Crippen MR) is 98.7 cm³/mol. The van der Waals surface area contributed by atoms with Gasteiger partial charge in [-0.05, 0) is 48.6 Å². The van der Waals surface area contributed by atoms with Crippen LogP contribution < -0.4 is 0 Å². The lowest BCUT2D eigenvalue weighted by Crippen LogP contribution is -2.48. The van der Waals surface area contributed by atoms with Gasteiger partial charge in [0.25, 0.3) is 0 Å². The first-order chi connectivity index (χ1) is 11.5. The van der Waals surface area contributed by atoms with E-state index in [0.29, 0.717) is 5.41 Å². The largest absolute Gasteiger partial charge is 0.207 e. The second kappa shape index (κ2) is 6.26. The molecule has 2 bridgehead atoms. The molecule has 2 atom stereocenters. The van der Waals surface area contributed by atoms with Gasteiger partial charge in [-0.15, -0.1) is 10.2 Å². The summed E-state index contributed by atoms with van der Waals surface area (Å²) >= 11 is 3.31. The zero-order valence-electron chi connectivity index (χ0n) is 14.0. The maximum atomic E-state index is 13.3. The highest BCUT2D eigenvalue weighted by Crippen LogP contribution is 2.59. The lowest BCUT2D eigenvalue weighted by molar-refractivity contribution is -0.00767. The predicted octanol–water partition coefficient (Wildman–Crippen LogP) is 5.82. The van der Waals surface area contributed by atoms with Crippen LogP contribution in [0.3, 0.4) is 0 Å². The average Bonchev–Trinajstić information content (AvgIpc) is 3.04. The molecule has 2 unspecified atom stereocenters. The summed E-state index contributed by atoms with van der Waals surface area (Å²) in [5.74, 6) is 2.49. The fourth-order valence-corrected chi connectivity index (χ4v) is 5.93. The van der Waals surface area contributed by atoms with Crippen LogP contribution in [0.2, 0.25) is 0 Å². The minimum Gasteiger partial charge on any atom is -0.207 e. The number of hydrogen-bond donors (Lipinski definition) is 0. The van der Waals surface area contributed by atoms with Crippen molar-refractivity contribution in [2.45, 2.75) is 37.4 Å². The Balaban J connectivity index is 1.35. The van der Waals surface area contributed by atoms with Crippen molar-refractivity contribution in [3.8, 4) is 10.6 Å². The van der Waals surface area contributed by atoms with Gasteiger partial charge in [0.15, 0.2) is 4.34 Å². The number of rotatable bonds is 5. The Morgan fingerprint density at radius 1 is 1.33 bits per heavy atom. The van der Waals surface area contributed by atoms with Gasteiger partial charge in [0.2, 0.25) is 0 Å². The van der Waals surface area contributed by atoms with Gasteiger partial charge in [0.1, 0.15) is 10.8 Å². The molecule has 2 nitrogen and oxygen atoms in total. The molecule has 0 N–H and O–H groups in total. The highest BCUT2D eigenvalue weighted by molar-refractivity contribution is 8.01. The van der Waals surface area contributed by atoms with Gasteiger partial charge in [0.05, 0.1) is 0 Å².